The van der Waals surface area contributed by atoms with Crippen molar-refractivity contribution in [2.75, 3.05) is 13.6 Å². The van der Waals surface area contributed by atoms with Crippen molar-refractivity contribution in [3.05, 3.63) is 5.82 Å². The van der Waals surface area contributed by atoms with Gasteiger partial charge in [-0.15, -0.1) is 10.2 Å². The molecule has 1 aromatic rings. The molecule has 90 valence electrons. The second-order valence-electron chi connectivity index (χ2n) is 3.65. The van der Waals surface area contributed by atoms with Crippen molar-refractivity contribution in [2.45, 2.75) is 26.4 Å². The van der Waals surface area contributed by atoms with E-state index in [1.54, 1.807) is 19.0 Å². The Kier molecular flexibility index (Phi) is 4.36. The molecule has 0 bridgehead atoms. The van der Waals surface area contributed by atoms with E-state index in [2.05, 4.69) is 20.7 Å². The van der Waals surface area contributed by atoms with Gasteiger partial charge in [0.25, 0.3) is 0 Å². The molecular weight excluding hydrogens is 208 g/mol. The number of amides is 1. The van der Waals surface area contributed by atoms with Crippen LogP contribution >= 0.6 is 0 Å². The summed E-state index contributed by atoms with van der Waals surface area (Å²) in [5.41, 5.74) is 0. The van der Waals surface area contributed by atoms with E-state index in [0.29, 0.717) is 18.9 Å². The van der Waals surface area contributed by atoms with Crippen LogP contribution in [0.4, 0.5) is 0 Å². The maximum absolute atomic E-state index is 11.7. The van der Waals surface area contributed by atoms with Gasteiger partial charge in [0.05, 0.1) is 19.6 Å². The van der Waals surface area contributed by atoms with Crippen molar-refractivity contribution in [3.63, 3.8) is 0 Å². The number of aromatic nitrogens is 4. The number of carbonyl (C=O) groups excluding carboxylic acids is 1. The largest absolute Gasteiger partial charge is 0.345 e. The molecule has 0 fully saturated rings. The molecule has 1 amide bonds. The quantitative estimate of drug-likeness (QED) is 0.709. The number of likely N-dealkylation sites (N-methyl/N-ethyl adjacent to an activating group) is 1. The Labute approximate surface area is 94.8 Å². The Morgan fingerprint density at radius 2 is 2.31 bits per heavy atom. The first kappa shape index (κ1) is 12.6. The third-order valence-electron chi connectivity index (χ3n) is 2.34. The highest BCUT2D eigenvalue weighted by molar-refractivity contribution is 5.81. The first-order valence-electron chi connectivity index (χ1n) is 5.25. The number of hydrogen-bond acceptors (Lipinski definition) is 5. The molecule has 1 unspecified atom stereocenters. The van der Waals surface area contributed by atoms with Crippen molar-refractivity contribution >= 4 is 5.91 Å². The number of carbonyl (C=O) groups is 1. The first-order chi connectivity index (χ1) is 7.54. The smallest absolute Gasteiger partial charge is 0.239 e. The monoisotopic (exact) mass is 226 g/mol. The third kappa shape index (κ3) is 3.27. The summed E-state index contributed by atoms with van der Waals surface area (Å²) in [6.45, 7) is 4.91. The molecule has 0 aliphatic carbocycles. The molecule has 0 saturated carbocycles. The van der Waals surface area contributed by atoms with Gasteiger partial charge in [-0.1, -0.05) is 0 Å². The van der Waals surface area contributed by atoms with Crippen LogP contribution in [0.5, 0.6) is 0 Å². The number of rotatable bonds is 5. The molecule has 1 heterocycles. The lowest BCUT2D eigenvalue weighted by Gasteiger charge is -2.19. The minimum atomic E-state index is -0.242. The van der Waals surface area contributed by atoms with Crippen molar-refractivity contribution in [1.29, 1.82) is 0 Å². The molecule has 7 heteroatoms. The molecule has 1 aromatic heterocycles. The van der Waals surface area contributed by atoms with Crippen molar-refractivity contribution in [1.82, 2.24) is 30.4 Å². The third-order valence-corrected chi connectivity index (χ3v) is 2.34. The zero-order valence-corrected chi connectivity index (χ0v) is 10.1. The summed E-state index contributed by atoms with van der Waals surface area (Å²) in [4.78, 5) is 14.8. The van der Waals surface area contributed by atoms with Crippen molar-refractivity contribution in [3.8, 4) is 0 Å². The molecule has 7 nitrogen and oxygen atoms in total. The lowest BCUT2D eigenvalue weighted by molar-refractivity contribution is -0.131. The first-order valence-corrected chi connectivity index (χ1v) is 5.25. The number of nitrogens with zero attached hydrogens (tertiary/aromatic N) is 5. The van der Waals surface area contributed by atoms with E-state index in [0.717, 1.165) is 0 Å². The average molecular weight is 226 g/mol. The van der Waals surface area contributed by atoms with Crippen LogP contribution in [0.1, 0.15) is 19.7 Å². The topological polar surface area (TPSA) is 75.9 Å². The summed E-state index contributed by atoms with van der Waals surface area (Å²) in [5, 5.41) is 14.6. The van der Waals surface area contributed by atoms with Crippen LogP contribution in [0.15, 0.2) is 0 Å². The average Bonchev–Trinajstić information content (AvgIpc) is 2.69. The van der Waals surface area contributed by atoms with E-state index >= 15 is 0 Å². The highest BCUT2D eigenvalue weighted by Crippen LogP contribution is 1.93. The molecular formula is C9H18N6O. The van der Waals surface area contributed by atoms with Gasteiger partial charge >= 0.3 is 0 Å². The van der Waals surface area contributed by atoms with Gasteiger partial charge in [-0.3, -0.25) is 10.1 Å². The van der Waals surface area contributed by atoms with Gasteiger partial charge in [-0.2, -0.15) is 4.80 Å². The number of tetrazole rings is 1. The normalized spacial score (nSPS) is 12.5. The Bertz CT molecular complexity index is 350. The van der Waals surface area contributed by atoms with Crippen LogP contribution < -0.4 is 5.32 Å². The Morgan fingerprint density at radius 1 is 1.62 bits per heavy atom. The van der Waals surface area contributed by atoms with Crippen LogP contribution in [-0.4, -0.2) is 50.6 Å². The van der Waals surface area contributed by atoms with Crippen LogP contribution in [0.2, 0.25) is 0 Å². The van der Waals surface area contributed by atoms with E-state index in [9.17, 15) is 4.79 Å². The SMILES string of the molecule is CCN(C)C(=O)C(C)NCc1nnn(C)n1. The lowest BCUT2D eigenvalue weighted by atomic mass is 10.3. The minimum absolute atomic E-state index is 0.0615. The predicted molar refractivity (Wildman–Crippen MR) is 58.4 cm³/mol. The number of aryl methyl sites for hydroxylation is 1. The maximum Gasteiger partial charge on any atom is 0.239 e. The molecule has 16 heavy (non-hydrogen) atoms. The predicted octanol–water partition coefficient (Wildman–Crippen LogP) is -0.833. The Hall–Kier alpha value is -1.50. The van der Waals surface area contributed by atoms with E-state index in [1.807, 2.05) is 13.8 Å². The van der Waals surface area contributed by atoms with E-state index < -0.39 is 0 Å². The number of nitrogens with one attached hydrogen (secondary N) is 1. The van der Waals surface area contributed by atoms with Crippen LogP contribution in [-0.2, 0) is 18.4 Å². The fraction of sp³-hybridized carbons (Fsp3) is 0.778. The fourth-order valence-electron chi connectivity index (χ4n) is 1.21. The maximum atomic E-state index is 11.7. The molecule has 1 N–H and O–H groups in total. The van der Waals surface area contributed by atoms with E-state index in [4.69, 9.17) is 0 Å². The molecule has 0 aliphatic rings. The number of hydrogen-bond donors (Lipinski definition) is 1. The van der Waals surface area contributed by atoms with Gasteiger partial charge in [0.15, 0.2) is 5.82 Å². The molecule has 0 aliphatic heterocycles. The summed E-state index contributed by atoms with van der Waals surface area (Å²) in [5.74, 6) is 0.646. The zero-order valence-electron chi connectivity index (χ0n) is 10.1. The second kappa shape index (κ2) is 5.55. The Morgan fingerprint density at radius 3 is 2.81 bits per heavy atom. The minimum Gasteiger partial charge on any atom is -0.345 e. The summed E-state index contributed by atoms with van der Waals surface area (Å²) in [6, 6.07) is -0.242. The van der Waals surface area contributed by atoms with Gasteiger partial charge in [-0.05, 0) is 19.1 Å². The molecule has 0 radical (unpaired) electrons. The van der Waals surface area contributed by atoms with Crippen LogP contribution in [0, 0.1) is 0 Å². The Balaban J connectivity index is 2.40. The van der Waals surface area contributed by atoms with E-state index in [-0.39, 0.29) is 11.9 Å². The van der Waals surface area contributed by atoms with Crippen LogP contribution in [0.3, 0.4) is 0 Å². The van der Waals surface area contributed by atoms with Gasteiger partial charge in [0, 0.05) is 13.6 Å². The fourth-order valence-corrected chi connectivity index (χ4v) is 1.21. The van der Waals surface area contributed by atoms with Crippen molar-refractivity contribution in [2.24, 2.45) is 7.05 Å². The highest BCUT2D eigenvalue weighted by atomic mass is 16.2. The van der Waals surface area contributed by atoms with Gasteiger partial charge < -0.3 is 4.90 Å². The highest BCUT2D eigenvalue weighted by Gasteiger charge is 2.16. The molecule has 1 rings (SSSR count). The van der Waals surface area contributed by atoms with Crippen molar-refractivity contribution < 1.29 is 4.79 Å². The van der Waals surface area contributed by atoms with Gasteiger partial charge in [-0.25, -0.2) is 0 Å². The zero-order chi connectivity index (χ0) is 12.1. The lowest BCUT2D eigenvalue weighted by Crippen LogP contribution is -2.42. The summed E-state index contributed by atoms with van der Waals surface area (Å²) in [7, 11) is 3.48. The van der Waals surface area contributed by atoms with Gasteiger partial charge in [0.2, 0.25) is 5.91 Å². The molecule has 0 saturated heterocycles. The standard InChI is InChI=1S/C9H18N6O/c1-5-14(3)9(16)7(2)10-6-8-11-13-15(4)12-8/h7,10H,5-6H2,1-4H3. The summed E-state index contributed by atoms with van der Waals surface area (Å²) >= 11 is 0. The summed E-state index contributed by atoms with van der Waals surface area (Å²) < 4.78 is 0. The molecule has 0 spiro atoms. The van der Waals surface area contributed by atoms with Crippen LogP contribution in [0.25, 0.3) is 0 Å². The molecule has 1 atom stereocenters. The van der Waals surface area contributed by atoms with E-state index in [1.165, 1.54) is 4.80 Å². The summed E-state index contributed by atoms with van der Waals surface area (Å²) in [6.07, 6.45) is 0. The second-order valence-corrected chi connectivity index (χ2v) is 3.65. The molecule has 0 aromatic carbocycles. The van der Waals surface area contributed by atoms with Gasteiger partial charge in [0.1, 0.15) is 0 Å².